The highest BCUT2D eigenvalue weighted by atomic mass is 32.2. The van der Waals surface area contributed by atoms with Gasteiger partial charge in [-0.05, 0) is 19.1 Å². The zero-order valence-corrected chi connectivity index (χ0v) is 11.4. The summed E-state index contributed by atoms with van der Waals surface area (Å²) < 4.78 is 10.7. The number of methoxy groups -OCH3 is 1. The number of benzene rings is 1. The van der Waals surface area contributed by atoms with Crippen molar-refractivity contribution >= 4 is 17.7 Å². The van der Waals surface area contributed by atoms with Gasteiger partial charge in [-0.1, -0.05) is 12.1 Å². The summed E-state index contributed by atoms with van der Waals surface area (Å²) in [5.41, 5.74) is 0. The van der Waals surface area contributed by atoms with E-state index in [1.165, 1.54) is 0 Å². The third-order valence-electron chi connectivity index (χ3n) is 2.87. The minimum absolute atomic E-state index is 0.0263. The summed E-state index contributed by atoms with van der Waals surface area (Å²) in [6.45, 7) is 2.91. The van der Waals surface area contributed by atoms with Crippen molar-refractivity contribution in [3.05, 3.63) is 24.3 Å². The molecule has 0 aliphatic carbocycles. The second kappa shape index (κ2) is 6.00. The number of nitrogens with zero attached hydrogens (tertiary/aromatic N) is 1. The largest absolute Gasteiger partial charge is 0.493 e. The molecule has 0 spiro atoms. The normalized spacial score (nSPS) is 18.8. The zero-order chi connectivity index (χ0) is 13.0. The molecule has 1 fully saturated rings. The summed E-state index contributed by atoms with van der Waals surface area (Å²) in [5, 5.41) is 0.249. The highest BCUT2D eigenvalue weighted by molar-refractivity contribution is 8.00. The molecule has 4 nitrogen and oxygen atoms in total. The van der Waals surface area contributed by atoms with E-state index < -0.39 is 0 Å². The molecule has 1 amide bonds. The molecular formula is C13H17NO3S. The fourth-order valence-corrected chi connectivity index (χ4v) is 2.93. The molecule has 5 heteroatoms. The number of para-hydroxylation sites is 2. The summed E-state index contributed by atoms with van der Waals surface area (Å²) in [4.78, 5) is 13.8. The van der Waals surface area contributed by atoms with Crippen LogP contribution in [0, 0.1) is 0 Å². The first-order valence-electron chi connectivity index (χ1n) is 5.89. The Morgan fingerprint density at radius 1 is 1.44 bits per heavy atom. The van der Waals surface area contributed by atoms with E-state index in [4.69, 9.17) is 9.47 Å². The Morgan fingerprint density at radius 2 is 2.17 bits per heavy atom. The van der Waals surface area contributed by atoms with Crippen LogP contribution in [0.2, 0.25) is 0 Å². The van der Waals surface area contributed by atoms with Crippen molar-refractivity contribution in [2.24, 2.45) is 0 Å². The molecule has 1 aromatic rings. The first-order valence-corrected chi connectivity index (χ1v) is 6.94. The Hall–Kier alpha value is -1.36. The number of carbonyl (C=O) groups is 1. The summed E-state index contributed by atoms with van der Waals surface area (Å²) in [5.74, 6) is 2.28. The van der Waals surface area contributed by atoms with Crippen molar-refractivity contribution in [3.63, 3.8) is 0 Å². The third kappa shape index (κ3) is 2.90. The lowest BCUT2D eigenvalue weighted by molar-refractivity contribution is -0.133. The number of hydrogen-bond acceptors (Lipinski definition) is 4. The summed E-state index contributed by atoms with van der Waals surface area (Å²) >= 11 is 1.79. The van der Waals surface area contributed by atoms with E-state index in [9.17, 15) is 4.79 Å². The van der Waals surface area contributed by atoms with Crippen LogP contribution in [-0.2, 0) is 4.79 Å². The van der Waals surface area contributed by atoms with Crippen LogP contribution in [0.5, 0.6) is 11.5 Å². The first kappa shape index (κ1) is 13.1. The molecule has 0 N–H and O–H groups in total. The highest BCUT2D eigenvalue weighted by Crippen LogP contribution is 2.26. The average Bonchev–Trinajstić information content (AvgIpc) is 2.82. The van der Waals surface area contributed by atoms with Gasteiger partial charge in [-0.3, -0.25) is 4.79 Å². The van der Waals surface area contributed by atoms with Gasteiger partial charge in [0.2, 0.25) is 0 Å². The van der Waals surface area contributed by atoms with E-state index in [0.717, 1.165) is 12.3 Å². The Bertz CT molecular complexity index is 424. The van der Waals surface area contributed by atoms with Crippen molar-refractivity contribution < 1.29 is 14.3 Å². The predicted molar refractivity (Wildman–Crippen MR) is 72.1 cm³/mol. The first-order chi connectivity index (χ1) is 8.72. The molecule has 1 aliphatic rings. The maximum Gasteiger partial charge on any atom is 0.261 e. The molecule has 1 saturated heterocycles. The van der Waals surface area contributed by atoms with Crippen LogP contribution in [0.15, 0.2) is 24.3 Å². The second-order valence-electron chi connectivity index (χ2n) is 4.00. The van der Waals surface area contributed by atoms with Crippen molar-refractivity contribution in [1.29, 1.82) is 0 Å². The van der Waals surface area contributed by atoms with Gasteiger partial charge in [-0.25, -0.2) is 0 Å². The van der Waals surface area contributed by atoms with Crippen molar-refractivity contribution in [3.8, 4) is 11.5 Å². The van der Waals surface area contributed by atoms with Gasteiger partial charge in [-0.15, -0.1) is 11.8 Å². The number of hydrogen-bond donors (Lipinski definition) is 0. The maximum absolute atomic E-state index is 12.0. The van der Waals surface area contributed by atoms with Gasteiger partial charge in [-0.2, -0.15) is 0 Å². The Kier molecular flexibility index (Phi) is 4.36. The van der Waals surface area contributed by atoms with Crippen molar-refractivity contribution in [1.82, 2.24) is 4.90 Å². The molecule has 0 saturated carbocycles. The predicted octanol–water partition coefficient (Wildman–Crippen LogP) is 2.00. The minimum atomic E-state index is 0.0263. The fourth-order valence-electron chi connectivity index (χ4n) is 1.88. The van der Waals surface area contributed by atoms with E-state index in [2.05, 4.69) is 0 Å². The molecule has 1 aliphatic heterocycles. The second-order valence-corrected chi connectivity index (χ2v) is 5.42. The number of carbonyl (C=O) groups excluding carboxylic acids is 1. The van der Waals surface area contributed by atoms with Crippen LogP contribution in [-0.4, -0.2) is 42.2 Å². The molecular weight excluding hydrogens is 250 g/mol. The molecule has 18 heavy (non-hydrogen) atoms. The van der Waals surface area contributed by atoms with Crippen LogP contribution < -0.4 is 9.47 Å². The third-order valence-corrected chi connectivity index (χ3v) is 4.03. The van der Waals surface area contributed by atoms with E-state index in [-0.39, 0.29) is 17.9 Å². The number of thioether (sulfide) groups is 1. The van der Waals surface area contributed by atoms with E-state index in [1.807, 2.05) is 30.0 Å². The lowest BCUT2D eigenvalue weighted by Gasteiger charge is -2.20. The molecule has 1 heterocycles. The van der Waals surface area contributed by atoms with Crippen molar-refractivity contribution in [2.75, 3.05) is 26.0 Å². The van der Waals surface area contributed by atoms with Crippen molar-refractivity contribution in [2.45, 2.75) is 12.3 Å². The number of amides is 1. The molecule has 1 atom stereocenters. The monoisotopic (exact) mass is 267 g/mol. The van der Waals surface area contributed by atoms with Gasteiger partial charge < -0.3 is 14.4 Å². The van der Waals surface area contributed by atoms with Crippen LogP contribution >= 0.6 is 11.8 Å². The van der Waals surface area contributed by atoms with Gasteiger partial charge in [0.15, 0.2) is 18.1 Å². The van der Waals surface area contributed by atoms with Crippen LogP contribution in [0.3, 0.4) is 0 Å². The maximum atomic E-state index is 12.0. The molecule has 0 bridgehead atoms. The number of rotatable bonds is 4. The summed E-state index contributed by atoms with van der Waals surface area (Å²) in [7, 11) is 1.59. The lowest BCUT2D eigenvalue weighted by atomic mass is 10.3. The lowest BCUT2D eigenvalue weighted by Crippen LogP contribution is -2.36. The van der Waals surface area contributed by atoms with Crippen LogP contribution in [0.1, 0.15) is 6.92 Å². The van der Waals surface area contributed by atoms with Crippen LogP contribution in [0.25, 0.3) is 0 Å². The molecule has 98 valence electrons. The molecule has 1 aromatic carbocycles. The Balaban J connectivity index is 1.93. The van der Waals surface area contributed by atoms with Crippen LogP contribution in [0.4, 0.5) is 0 Å². The molecule has 2 rings (SSSR count). The summed E-state index contributed by atoms with van der Waals surface area (Å²) in [6.07, 6.45) is 0. The van der Waals surface area contributed by atoms with E-state index in [1.54, 1.807) is 24.9 Å². The Labute approximate surface area is 111 Å². The molecule has 1 unspecified atom stereocenters. The minimum Gasteiger partial charge on any atom is -0.493 e. The number of ether oxygens (including phenoxy) is 2. The summed E-state index contributed by atoms with van der Waals surface area (Å²) in [6, 6.07) is 7.34. The fraction of sp³-hybridized carbons (Fsp3) is 0.462. The van der Waals surface area contributed by atoms with E-state index >= 15 is 0 Å². The van der Waals surface area contributed by atoms with Gasteiger partial charge in [0.1, 0.15) is 0 Å². The van der Waals surface area contributed by atoms with Gasteiger partial charge in [0.25, 0.3) is 5.91 Å². The van der Waals surface area contributed by atoms with Gasteiger partial charge in [0.05, 0.1) is 12.5 Å². The smallest absolute Gasteiger partial charge is 0.261 e. The Morgan fingerprint density at radius 3 is 2.78 bits per heavy atom. The highest BCUT2D eigenvalue weighted by Gasteiger charge is 2.25. The quantitative estimate of drug-likeness (QED) is 0.836. The topological polar surface area (TPSA) is 38.8 Å². The molecule has 0 aromatic heterocycles. The van der Waals surface area contributed by atoms with Gasteiger partial charge in [0, 0.05) is 12.3 Å². The van der Waals surface area contributed by atoms with E-state index in [0.29, 0.717) is 11.5 Å². The standard InChI is InChI=1S/C13H17NO3S/c1-10-14(7-8-18-10)13(15)9-17-12-6-4-3-5-11(12)16-2/h3-6,10H,7-9H2,1-2H3. The SMILES string of the molecule is COc1ccccc1OCC(=O)N1CCSC1C. The average molecular weight is 267 g/mol. The zero-order valence-electron chi connectivity index (χ0n) is 10.6. The molecule has 0 radical (unpaired) electrons. The van der Waals surface area contributed by atoms with Gasteiger partial charge >= 0.3 is 0 Å².